The van der Waals surface area contributed by atoms with Crippen molar-refractivity contribution in [2.24, 2.45) is 0 Å². The lowest BCUT2D eigenvalue weighted by atomic mass is 10.0. The van der Waals surface area contributed by atoms with Crippen LogP contribution >= 0.6 is 0 Å². The third-order valence-electron chi connectivity index (χ3n) is 3.02. The Morgan fingerprint density at radius 3 is 2.87 bits per heavy atom. The minimum absolute atomic E-state index is 0.275. The molecule has 1 aliphatic rings. The van der Waals surface area contributed by atoms with Gasteiger partial charge in [-0.3, -0.25) is 4.79 Å². The van der Waals surface area contributed by atoms with Crippen molar-refractivity contribution in [3.8, 4) is 0 Å². The first kappa shape index (κ1) is 10.2. The van der Waals surface area contributed by atoms with Gasteiger partial charge in [-0.25, -0.2) is 0 Å². The molecule has 1 aliphatic carbocycles. The van der Waals surface area contributed by atoms with E-state index in [4.69, 9.17) is 5.11 Å². The van der Waals surface area contributed by atoms with E-state index >= 15 is 0 Å². The van der Waals surface area contributed by atoms with Gasteiger partial charge in [-0.2, -0.15) is 0 Å². The van der Waals surface area contributed by atoms with E-state index in [1.54, 1.807) is 0 Å². The van der Waals surface area contributed by atoms with Crippen LogP contribution in [0.25, 0.3) is 0 Å². The van der Waals surface area contributed by atoms with Crippen LogP contribution in [0.1, 0.15) is 36.0 Å². The van der Waals surface area contributed by atoms with E-state index in [0.717, 1.165) is 12.8 Å². The lowest BCUT2D eigenvalue weighted by molar-refractivity contribution is -0.137. The summed E-state index contributed by atoms with van der Waals surface area (Å²) >= 11 is 0. The van der Waals surface area contributed by atoms with Gasteiger partial charge in [0.15, 0.2) is 0 Å². The van der Waals surface area contributed by atoms with Gasteiger partial charge in [0.25, 0.3) is 0 Å². The van der Waals surface area contributed by atoms with E-state index in [-0.39, 0.29) is 6.42 Å². The highest BCUT2D eigenvalue weighted by Gasteiger charge is 2.10. The number of carbonyl (C=O) groups is 1. The van der Waals surface area contributed by atoms with Crippen LogP contribution in [0.2, 0.25) is 0 Å². The maximum atomic E-state index is 10.4. The molecule has 0 fully saturated rings. The summed E-state index contributed by atoms with van der Waals surface area (Å²) in [5, 5.41) is 8.55. The van der Waals surface area contributed by atoms with Gasteiger partial charge in [0, 0.05) is 6.42 Å². The summed E-state index contributed by atoms with van der Waals surface area (Å²) in [7, 11) is 0. The van der Waals surface area contributed by atoms with Crippen LogP contribution in [0.4, 0.5) is 0 Å². The van der Waals surface area contributed by atoms with Crippen LogP contribution < -0.4 is 0 Å². The number of carboxylic acid groups (broad SMARTS) is 1. The number of hydrogen-bond acceptors (Lipinski definition) is 1. The second-order valence-corrected chi connectivity index (χ2v) is 4.20. The molecule has 80 valence electrons. The molecule has 0 aromatic heterocycles. The van der Waals surface area contributed by atoms with E-state index in [1.165, 1.54) is 36.0 Å². The maximum absolute atomic E-state index is 10.4. The second-order valence-electron chi connectivity index (χ2n) is 4.20. The number of benzene rings is 1. The fraction of sp³-hybridized carbons (Fsp3) is 0.462. The summed E-state index contributed by atoms with van der Waals surface area (Å²) in [6, 6.07) is 6.61. The van der Waals surface area contributed by atoms with Gasteiger partial charge in [0.1, 0.15) is 0 Å². The van der Waals surface area contributed by atoms with Gasteiger partial charge in [0.2, 0.25) is 0 Å². The number of aliphatic carboxylic acids is 1. The van der Waals surface area contributed by atoms with E-state index < -0.39 is 5.97 Å². The van der Waals surface area contributed by atoms with Crippen molar-refractivity contribution in [1.29, 1.82) is 0 Å². The molecule has 0 heterocycles. The largest absolute Gasteiger partial charge is 0.481 e. The van der Waals surface area contributed by atoms with Crippen molar-refractivity contribution in [1.82, 2.24) is 0 Å². The van der Waals surface area contributed by atoms with Gasteiger partial charge in [0.05, 0.1) is 0 Å². The Morgan fingerprint density at radius 1 is 1.27 bits per heavy atom. The third kappa shape index (κ3) is 2.58. The number of carboxylic acids is 1. The summed E-state index contributed by atoms with van der Waals surface area (Å²) < 4.78 is 0. The zero-order valence-electron chi connectivity index (χ0n) is 8.83. The third-order valence-corrected chi connectivity index (χ3v) is 3.02. The Bertz CT molecular complexity index is 369. The Hall–Kier alpha value is -1.31. The molecule has 0 atom stereocenters. The maximum Gasteiger partial charge on any atom is 0.303 e. The van der Waals surface area contributed by atoms with E-state index in [1.807, 2.05) is 0 Å². The van der Waals surface area contributed by atoms with Crippen LogP contribution in [0, 0.1) is 0 Å². The summed E-state index contributed by atoms with van der Waals surface area (Å²) in [4.78, 5) is 10.4. The van der Waals surface area contributed by atoms with Gasteiger partial charge in [-0.1, -0.05) is 18.2 Å². The fourth-order valence-electron chi connectivity index (χ4n) is 2.22. The summed E-state index contributed by atoms with van der Waals surface area (Å²) in [6.07, 6.45) is 5.59. The van der Waals surface area contributed by atoms with Crippen LogP contribution in [0.5, 0.6) is 0 Å². The highest BCUT2D eigenvalue weighted by Crippen LogP contribution is 2.23. The monoisotopic (exact) mass is 204 g/mol. The summed E-state index contributed by atoms with van der Waals surface area (Å²) in [5.41, 5.74) is 4.25. The zero-order valence-corrected chi connectivity index (χ0v) is 8.83. The second kappa shape index (κ2) is 4.47. The predicted molar refractivity (Wildman–Crippen MR) is 59.0 cm³/mol. The van der Waals surface area contributed by atoms with E-state index in [9.17, 15) is 4.79 Å². The van der Waals surface area contributed by atoms with Crippen LogP contribution in [0.3, 0.4) is 0 Å². The average molecular weight is 204 g/mol. The smallest absolute Gasteiger partial charge is 0.303 e. The number of aryl methyl sites for hydroxylation is 3. The molecular weight excluding hydrogens is 188 g/mol. The Kier molecular flexibility index (Phi) is 3.05. The molecule has 0 radical (unpaired) electrons. The molecule has 0 aliphatic heterocycles. The first-order chi connectivity index (χ1) is 7.25. The minimum Gasteiger partial charge on any atom is -0.481 e. The molecule has 0 saturated heterocycles. The molecule has 0 bridgehead atoms. The highest BCUT2D eigenvalue weighted by molar-refractivity contribution is 5.66. The molecule has 0 unspecified atom stereocenters. The summed E-state index contributed by atoms with van der Waals surface area (Å²) in [6.45, 7) is 0. The van der Waals surface area contributed by atoms with E-state index in [0.29, 0.717) is 0 Å². The Morgan fingerprint density at radius 2 is 2.07 bits per heavy atom. The molecule has 0 saturated carbocycles. The lowest BCUT2D eigenvalue weighted by Crippen LogP contribution is -1.96. The van der Waals surface area contributed by atoms with Crippen molar-refractivity contribution in [3.05, 3.63) is 34.9 Å². The molecule has 1 N–H and O–H groups in total. The van der Waals surface area contributed by atoms with Crippen LogP contribution in [-0.2, 0) is 24.1 Å². The number of fused-ring (bicyclic) bond motifs is 1. The highest BCUT2D eigenvalue weighted by atomic mass is 16.4. The van der Waals surface area contributed by atoms with Gasteiger partial charge in [-0.15, -0.1) is 0 Å². The van der Waals surface area contributed by atoms with Gasteiger partial charge < -0.3 is 5.11 Å². The van der Waals surface area contributed by atoms with Crippen molar-refractivity contribution >= 4 is 5.97 Å². The first-order valence-corrected chi connectivity index (χ1v) is 5.58. The molecule has 0 amide bonds. The number of rotatable bonds is 4. The van der Waals surface area contributed by atoms with Crippen LogP contribution in [-0.4, -0.2) is 11.1 Å². The minimum atomic E-state index is -0.698. The van der Waals surface area contributed by atoms with E-state index in [2.05, 4.69) is 18.2 Å². The molecule has 15 heavy (non-hydrogen) atoms. The summed E-state index contributed by atoms with van der Waals surface area (Å²) in [5.74, 6) is -0.698. The normalized spacial score (nSPS) is 13.9. The number of hydrogen-bond donors (Lipinski definition) is 1. The Balaban J connectivity index is 1.95. The Labute approximate surface area is 89.9 Å². The molecule has 0 spiro atoms. The lowest BCUT2D eigenvalue weighted by Gasteiger charge is -2.03. The first-order valence-electron chi connectivity index (χ1n) is 5.58. The molecule has 2 rings (SSSR count). The topological polar surface area (TPSA) is 37.3 Å². The molecule has 2 nitrogen and oxygen atoms in total. The SMILES string of the molecule is O=C(O)CCCc1ccc2c(c1)CCC2. The molecule has 2 heteroatoms. The molecule has 1 aromatic carbocycles. The molecular formula is C13H16O2. The quantitative estimate of drug-likeness (QED) is 0.818. The standard InChI is InChI=1S/C13H16O2/c14-13(15)6-1-3-10-7-8-11-4-2-5-12(11)9-10/h7-9H,1-6H2,(H,14,15). The van der Waals surface area contributed by atoms with Crippen molar-refractivity contribution in [3.63, 3.8) is 0 Å². The fourth-order valence-corrected chi connectivity index (χ4v) is 2.22. The predicted octanol–water partition coefficient (Wildman–Crippen LogP) is 2.58. The van der Waals surface area contributed by atoms with Crippen LogP contribution in [0.15, 0.2) is 18.2 Å². The van der Waals surface area contributed by atoms with Crippen molar-refractivity contribution < 1.29 is 9.90 Å². The van der Waals surface area contributed by atoms with Crippen molar-refractivity contribution in [2.45, 2.75) is 38.5 Å². The van der Waals surface area contributed by atoms with Crippen molar-refractivity contribution in [2.75, 3.05) is 0 Å². The zero-order chi connectivity index (χ0) is 10.7. The van der Waals surface area contributed by atoms with Gasteiger partial charge >= 0.3 is 5.97 Å². The van der Waals surface area contributed by atoms with Gasteiger partial charge in [-0.05, 0) is 48.8 Å². The average Bonchev–Trinajstić information content (AvgIpc) is 2.64. The molecule has 1 aromatic rings.